The molecule has 5 heteroatoms. The Balaban J connectivity index is 2.39. The van der Waals surface area contributed by atoms with Crippen LogP contribution in [0.1, 0.15) is 25.3 Å². The molecule has 0 aliphatic carbocycles. The summed E-state index contributed by atoms with van der Waals surface area (Å²) in [7, 11) is 1.59. The van der Waals surface area contributed by atoms with E-state index in [0.717, 1.165) is 5.56 Å². The molecule has 2 N–H and O–H groups in total. The number of aromatic nitrogens is 2. The lowest BCUT2D eigenvalue weighted by Crippen LogP contribution is -2.27. The van der Waals surface area contributed by atoms with E-state index in [-0.39, 0.29) is 11.2 Å². The van der Waals surface area contributed by atoms with Crippen molar-refractivity contribution >= 4 is 5.69 Å². The molecular weight excluding hydrogens is 266 g/mol. The predicted octanol–water partition coefficient (Wildman–Crippen LogP) is 2.26. The summed E-state index contributed by atoms with van der Waals surface area (Å²) >= 11 is 0. The molecule has 0 bridgehead atoms. The Bertz CT molecular complexity index is 660. The van der Waals surface area contributed by atoms with Gasteiger partial charge in [-0.05, 0) is 17.5 Å². The standard InChI is InChI=1S/C16H21N3O2/c1-11(2)12-4-6-13(7-5-12)15-10-14(17)16(20)19(18-15)8-9-21-3/h4-7,10-11H,8-9,17H2,1-3H3. The van der Waals surface area contributed by atoms with Crippen molar-refractivity contribution in [3.05, 3.63) is 46.2 Å². The van der Waals surface area contributed by atoms with E-state index in [2.05, 4.69) is 31.1 Å². The molecule has 0 saturated heterocycles. The van der Waals surface area contributed by atoms with E-state index < -0.39 is 0 Å². The van der Waals surface area contributed by atoms with Gasteiger partial charge in [0, 0.05) is 12.7 Å². The summed E-state index contributed by atoms with van der Waals surface area (Å²) in [5.74, 6) is 0.479. The van der Waals surface area contributed by atoms with Crippen molar-refractivity contribution < 1.29 is 4.74 Å². The Morgan fingerprint density at radius 1 is 1.29 bits per heavy atom. The van der Waals surface area contributed by atoms with Gasteiger partial charge in [0.05, 0.1) is 18.8 Å². The zero-order valence-electron chi connectivity index (χ0n) is 12.7. The van der Waals surface area contributed by atoms with Crippen LogP contribution in [0.15, 0.2) is 35.1 Å². The number of ether oxygens (including phenoxy) is 1. The molecule has 0 spiro atoms. The third kappa shape index (κ3) is 3.49. The smallest absolute Gasteiger partial charge is 0.289 e. The van der Waals surface area contributed by atoms with Crippen LogP contribution >= 0.6 is 0 Å². The first-order valence-corrected chi connectivity index (χ1v) is 7.00. The summed E-state index contributed by atoms with van der Waals surface area (Å²) in [5.41, 5.74) is 8.61. The van der Waals surface area contributed by atoms with Gasteiger partial charge in [0.1, 0.15) is 5.69 Å². The first kappa shape index (κ1) is 15.3. The van der Waals surface area contributed by atoms with E-state index in [0.29, 0.717) is 24.8 Å². The van der Waals surface area contributed by atoms with E-state index >= 15 is 0 Å². The van der Waals surface area contributed by atoms with Gasteiger partial charge in [0.25, 0.3) is 5.56 Å². The lowest BCUT2D eigenvalue weighted by Gasteiger charge is -2.10. The minimum Gasteiger partial charge on any atom is -0.394 e. The SMILES string of the molecule is COCCn1nc(-c2ccc(C(C)C)cc2)cc(N)c1=O. The molecule has 0 aliphatic heterocycles. The maximum absolute atomic E-state index is 11.9. The van der Waals surface area contributed by atoms with Crippen molar-refractivity contribution in [1.29, 1.82) is 0 Å². The second-order valence-corrected chi connectivity index (χ2v) is 5.28. The highest BCUT2D eigenvalue weighted by atomic mass is 16.5. The average Bonchev–Trinajstić information content (AvgIpc) is 2.48. The molecule has 0 atom stereocenters. The fourth-order valence-corrected chi connectivity index (χ4v) is 2.07. The fourth-order valence-electron chi connectivity index (χ4n) is 2.07. The Labute approximate surface area is 124 Å². The number of anilines is 1. The summed E-state index contributed by atoms with van der Waals surface area (Å²) < 4.78 is 6.34. The van der Waals surface area contributed by atoms with Gasteiger partial charge >= 0.3 is 0 Å². The maximum Gasteiger partial charge on any atom is 0.289 e. The Morgan fingerprint density at radius 3 is 2.52 bits per heavy atom. The predicted molar refractivity (Wildman–Crippen MR) is 84.3 cm³/mol. The first-order chi connectivity index (χ1) is 10.0. The fraction of sp³-hybridized carbons (Fsp3) is 0.375. The van der Waals surface area contributed by atoms with Crippen LogP contribution < -0.4 is 11.3 Å². The van der Waals surface area contributed by atoms with Crippen LogP contribution in [0.5, 0.6) is 0 Å². The summed E-state index contributed by atoms with van der Waals surface area (Å²) in [4.78, 5) is 11.9. The number of nitrogens with two attached hydrogens (primary N) is 1. The van der Waals surface area contributed by atoms with E-state index in [1.54, 1.807) is 13.2 Å². The molecule has 5 nitrogen and oxygen atoms in total. The molecule has 2 aromatic rings. The highest BCUT2D eigenvalue weighted by molar-refractivity contribution is 5.62. The van der Waals surface area contributed by atoms with Crippen molar-refractivity contribution in [2.24, 2.45) is 0 Å². The largest absolute Gasteiger partial charge is 0.394 e. The minimum absolute atomic E-state index is 0.198. The molecule has 0 radical (unpaired) electrons. The lowest BCUT2D eigenvalue weighted by molar-refractivity contribution is 0.182. The molecule has 0 saturated carbocycles. The number of benzene rings is 1. The molecule has 2 rings (SSSR count). The van der Waals surface area contributed by atoms with Gasteiger partial charge in [-0.3, -0.25) is 4.79 Å². The monoisotopic (exact) mass is 287 g/mol. The van der Waals surface area contributed by atoms with Crippen LogP contribution in [0.3, 0.4) is 0 Å². The Morgan fingerprint density at radius 2 is 1.95 bits per heavy atom. The summed E-state index contributed by atoms with van der Waals surface area (Å²) in [6, 6.07) is 9.77. The van der Waals surface area contributed by atoms with Crippen LogP contribution in [0.4, 0.5) is 5.69 Å². The molecule has 1 aromatic carbocycles. The van der Waals surface area contributed by atoms with Gasteiger partial charge in [-0.25, -0.2) is 4.68 Å². The first-order valence-electron chi connectivity index (χ1n) is 7.00. The van der Waals surface area contributed by atoms with Crippen LogP contribution in [-0.4, -0.2) is 23.5 Å². The number of rotatable bonds is 5. The zero-order chi connectivity index (χ0) is 15.4. The van der Waals surface area contributed by atoms with Crippen LogP contribution in [0, 0.1) is 0 Å². The van der Waals surface area contributed by atoms with E-state index in [1.165, 1.54) is 10.2 Å². The second kappa shape index (κ2) is 6.54. The molecule has 0 unspecified atom stereocenters. The van der Waals surface area contributed by atoms with Crippen molar-refractivity contribution in [3.63, 3.8) is 0 Å². The molecule has 1 aromatic heterocycles. The average molecular weight is 287 g/mol. The van der Waals surface area contributed by atoms with Crippen molar-refractivity contribution in [3.8, 4) is 11.3 Å². The molecule has 0 amide bonds. The topological polar surface area (TPSA) is 70.1 Å². The normalized spacial score (nSPS) is 11.0. The van der Waals surface area contributed by atoms with Gasteiger partial charge in [-0.15, -0.1) is 0 Å². The molecule has 112 valence electrons. The highest BCUT2D eigenvalue weighted by Crippen LogP contribution is 2.21. The maximum atomic E-state index is 11.9. The van der Waals surface area contributed by atoms with Gasteiger partial charge < -0.3 is 10.5 Å². The van der Waals surface area contributed by atoms with E-state index in [9.17, 15) is 4.79 Å². The molecule has 21 heavy (non-hydrogen) atoms. The number of hydrogen-bond acceptors (Lipinski definition) is 4. The van der Waals surface area contributed by atoms with Gasteiger partial charge in [0.15, 0.2) is 0 Å². The van der Waals surface area contributed by atoms with Crippen molar-refractivity contribution in [1.82, 2.24) is 9.78 Å². The lowest BCUT2D eigenvalue weighted by atomic mass is 10.0. The second-order valence-electron chi connectivity index (χ2n) is 5.28. The van der Waals surface area contributed by atoms with Crippen LogP contribution in [-0.2, 0) is 11.3 Å². The zero-order valence-corrected chi connectivity index (χ0v) is 12.7. The van der Waals surface area contributed by atoms with Crippen LogP contribution in [0.2, 0.25) is 0 Å². The van der Waals surface area contributed by atoms with Gasteiger partial charge in [-0.1, -0.05) is 38.1 Å². The van der Waals surface area contributed by atoms with Crippen molar-refractivity contribution in [2.75, 3.05) is 19.5 Å². The summed E-state index contributed by atoms with van der Waals surface area (Å²) in [6.07, 6.45) is 0. The number of hydrogen-bond donors (Lipinski definition) is 1. The quantitative estimate of drug-likeness (QED) is 0.915. The number of nitrogens with zero attached hydrogens (tertiary/aromatic N) is 2. The van der Waals surface area contributed by atoms with E-state index in [1.807, 2.05) is 12.1 Å². The number of methoxy groups -OCH3 is 1. The molecule has 0 aliphatic rings. The van der Waals surface area contributed by atoms with E-state index in [4.69, 9.17) is 10.5 Å². The Hall–Kier alpha value is -2.14. The van der Waals surface area contributed by atoms with Crippen molar-refractivity contribution in [2.45, 2.75) is 26.3 Å². The minimum atomic E-state index is -0.283. The number of nitrogen functional groups attached to an aromatic ring is 1. The van der Waals surface area contributed by atoms with Gasteiger partial charge in [0.2, 0.25) is 0 Å². The third-order valence-corrected chi connectivity index (χ3v) is 3.38. The van der Waals surface area contributed by atoms with Gasteiger partial charge in [-0.2, -0.15) is 5.10 Å². The van der Waals surface area contributed by atoms with Crippen LogP contribution in [0.25, 0.3) is 11.3 Å². The summed E-state index contributed by atoms with van der Waals surface area (Å²) in [5, 5.41) is 4.36. The molecule has 1 heterocycles. The molecular formula is C16H21N3O2. The highest BCUT2D eigenvalue weighted by Gasteiger charge is 2.08. The Kier molecular flexibility index (Phi) is 4.75. The molecule has 0 fully saturated rings. The third-order valence-electron chi connectivity index (χ3n) is 3.38. The summed E-state index contributed by atoms with van der Waals surface area (Å²) in [6.45, 7) is 5.10.